The van der Waals surface area contributed by atoms with Crippen LogP contribution in [0.2, 0.25) is 5.02 Å². The van der Waals surface area contributed by atoms with Crippen molar-refractivity contribution in [2.24, 2.45) is 0 Å². The zero-order valence-corrected chi connectivity index (χ0v) is 15.9. The third-order valence-corrected chi connectivity index (χ3v) is 5.45. The molecule has 1 aliphatic heterocycles. The summed E-state index contributed by atoms with van der Waals surface area (Å²) in [4.78, 5) is 4.59. The molecule has 0 unspecified atom stereocenters. The van der Waals surface area contributed by atoms with E-state index in [1.807, 2.05) is 48.7 Å². The molecule has 0 radical (unpaired) electrons. The Morgan fingerprint density at radius 3 is 3.00 bits per heavy atom. The van der Waals surface area contributed by atoms with Crippen LogP contribution in [0.15, 0.2) is 48.0 Å². The number of nitrogens with one attached hydrogen (secondary N) is 1. The quantitative estimate of drug-likeness (QED) is 0.592. The number of rotatable bonds is 4. The highest BCUT2D eigenvalue weighted by molar-refractivity contribution is 7.11. The minimum absolute atomic E-state index is 0.233. The number of ether oxygens (including phenoxy) is 2. The molecule has 2 heterocycles. The van der Waals surface area contributed by atoms with Gasteiger partial charge in [-0.3, -0.25) is 0 Å². The van der Waals surface area contributed by atoms with Crippen LogP contribution in [0.5, 0.6) is 11.5 Å². The average Bonchev–Trinajstić information content (AvgIpc) is 3.34. The molecule has 2 aromatic carbocycles. The normalized spacial score (nSPS) is 12.7. The molecular weight excluding hydrogens is 382 g/mol. The lowest BCUT2D eigenvalue weighted by Crippen LogP contribution is -1.94. The molecule has 1 aromatic heterocycles. The first-order valence-corrected chi connectivity index (χ1v) is 9.39. The fraction of sp³-hybridized carbons (Fsp3) is 0.100. The van der Waals surface area contributed by atoms with Crippen LogP contribution >= 0.6 is 22.9 Å². The van der Waals surface area contributed by atoms with E-state index < -0.39 is 0 Å². The lowest BCUT2D eigenvalue weighted by atomic mass is 10.1. The maximum atomic E-state index is 9.53. The first-order valence-electron chi connectivity index (χ1n) is 8.13. The van der Waals surface area contributed by atoms with E-state index in [0.29, 0.717) is 21.4 Å². The Labute approximate surface area is 165 Å². The second-order valence-corrected chi connectivity index (χ2v) is 7.10. The van der Waals surface area contributed by atoms with Gasteiger partial charge in [0.15, 0.2) is 11.5 Å². The van der Waals surface area contributed by atoms with Crippen LogP contribution in [0.1, 0.15) is 10.6 Å². The molecule has 27 heavy (non-hydrogen) atoms. The van der Waals surface area contributed by atoms with Crippen molar-refractivity contribution in [2.75, 3.05) is 12.1 Å². The number of fused-ring (bicyclic) bond motifs is 1. The second kappa shape index (κ2) is 7.31. The smallest absolute Gasteiger partial charge is 0.231 e. The molecule has 0 saturated carbocycles. The van der Waals surface area contributed by atoms with E-state index in [-0.39, 0.29) is 6.79 Å². The minimum atomic E-state index is 0.233. The zero-order chi connectivity index (χ0) is 18.8. The number of nitriles is 1. The lowest BCUT2D eigenvalue weighted by Gasteiger charge is -2.07. The molecule has 0 fully saturated rings. The molecule has 1 N–H and O–H groups in total. The average molecular weight is 396 g/mol. The van der Waals surface area contributed by atoms with Gasteiger partial charge < -0.3 is 14.8 Å². The highest BCUT2D eigenvalue weighted by Gasteiger charge is 2.16. The van der Waals surface area contributed by atoms with Crippen molar-refractivity contribution < 1.29 is 9.47 Å². The monoisotopic (exact) mass is 395 g/mol. The fourth-order valence-electron chi connectivity index (χ4n) is 2.64. The largest absolute Gasteiger partial charge is 0.454 e. The number of hydrogen-bond acceptors (Lipinski definition) is 6. The molecule has 0 aliphatic carbocycles. The summed E-state index contributed by atoms with van der Waals surface area (Å²) in [7, 11) is 0. The van der Waals surface area contributed by atoms with Crippen LogP contribution in [0.3, 0.4) is 0 Å². The van der Waals surface area contributed by atoms with Gasteiger partial charge >= 0.3 is 0 Å². The summed E-state index contributed by atoms with van der Waals surface area (Å²) in [6.07, 6.45) is 1.65. The van der Waals surface area contributed by atoms with E-state index in [4.69, 9.17) is 21.1 Å². The highest BCUT2D eigenvalue weighted by atomic mass is 35.5. The molecule has 134 valence electrons. The van der Waals surface area contributed by atoms with E-state index >= 15 is 0 Å². The van der Waals surface area contributed by atoms with Gasteiger partial charge in [0.1, 0.15) is 16.6 Å². The second-order valence-electron chi connectivity index (χ2n) is 5.83. The maximum absolute atomic E-state index is 9.53. The Bertz CT molecular complexity index is 1090. The number of allylic oxidation sites excluding steroid dienone is 1. The molecule has 7 heteroatoms. The summed E-state index contributed by atoms with van der Waals surface area (Å²) >= 11 is 7.55. The summed E-state index contributed by atoms with van der Waals surface area (Å²) in [6.45, 7) is 2.16. The Morgan fingerprint density at radius 1 is 1.30 bits per heavy atom. The number of benzene rings is 2. The highest BCUT2D eigenvalue weighted by Crippen LogP contribution is 2.36. The number of anilines is 1. The van der Waals surface area contributed by atoms with Crippen molar-refractivity contribution >= 4 is 34.2 Å². The van der Waals surface area contributed by atoms with Gasteiger partial charge in [0.05, 0.1) is 5.69 Å². The molecule has 0 spiro atoms. The number of aromatic nitrogens is 1. The Kier molecular flexibility index (Phi) is 4.71. The van der Waals surface area contributed by atoms with Crippen LogP contribution in [-0.2, 0) is 0 Å². The number of nitrogens with zero attached hydrogens (tertiary/aromatic N) is 2. The van der Waals surface area contributed by atoms with E-state index in [0.717, 1.165) is 28.3 Å². The predicted molar refractivity (Wildman–Crippen MR) is 107 cm³/mol. The SMILES string of the molecule is Cc1c(Cl)cccc1N/C=C(/C#N)c1nc(-c2ccc3c(c2)OCO3)cs1. The summed E-state index contributed by atoms with van der Waals surface area (Å²) < 4.78 is 10.7. The van der Waals surface area contributed by atoms with Crippen molar-refractivity contribution in [1.82, 2.24) is 4.98 Å². The minimum Gasteiger partial charge on any atom is -0.454 e. The topological polar surface area (TPSA) is 67.2 Å². The van der Waals surface area contributed by atoms with Gasteiger partial charge in [-0.05, 0) is 42.8 Å². The Balaban J connectivity index is 1.59. The maximum Gasteiger partial charge on any atom is 0.231 e. The van der Waals surface area contributed by atoms with Crippen LogP contribution < -0.4 is 14.8 Å². The van der Waals surface area contributed by atoms with Gasteiger partial charge in [0, 0.05) is 27.9 Å². The summed E-state index contributed by atoms with van der Waals surface area (Å²) in [5.74, 6) is 1.43. The first-order chi connectivity index (χ1) is 13.2. The van der Waals surface area contributed by atoms with Gasteiger partial charge in [0.2, 0.25) is 6.79 Å². The van der Waals surface area contributed by atoms with Crippen molar-refractivity contribution in [3.8, 4) is 28.8 Å². The molecule has 1 aliphatic rings. The van der Waals surface area contributed by atoms with Crippen molar-refractivity contribution in [3.63, 3.8) is 0 Å². The summed E-state index contributed by atoms with van der Waals surface area (Å²) in [5.41, 5.74) is 3.92. The predicted octanol–water partition coefficient (Wildman–Crippen LogP) is 5.48. The van der Waals surface area contributed by atoms with Crippen LogP contribution in [0.25, 0.3) is 16.8 Å². The number of thiazole rings is 1. The van der Waals surface area contributed by atoms with Crippen LogP contribution in [0.4, 0.5) is 5.69 Å². The van der Waals surface area contributed by atoms with Gasteiger partial charge in [-0.1, -0.05) is 17.7 Å². The lowest BCUT2D eigenvalue weighted by molar-refractivity contribution is 0.174. The van der Waals surface area contributed by atoms with E-state index in [9.17, 15) is 5.26 Å². The molecule has 0 atom stereocenters. The molecule has 4 rings (SSSR count). The molecule has 0 amide bonds. The Hall–Kier alpha value is -3.01. The molecule has 0 saturated heterocycles. The molecule has 0 bridgehead atoms. The van der Waals surface area contributed by atoms with Crippen molar-refractivity contribution in [3.05, 3.63) is 63.6 Å². The third-order valence-electron chi connectivity index (χ3n) is 4.16. The van der Waals surface area contributed by atoms with E-state index in [1.165, 1.54) is 11.3 Å². The molecule has 3 aromatic rings. The van der Waals surface area contributed by atoms with Crippen molar-refractivity contribution in [2.45, 2.75) is 6.92 Å². The van der Waals surface area contributed by atoms with E-state index in [1.54, 1.807) is 6.20 Å². The first kappa shape index (κ1) is 17.4. The number of halogens is 1. The van der Waals surface area contributed by atoms with Crippen LogP contribution in [0, 0.1) is 18.3 Å². The van der Waals surface area contributed by atoms with Crippen LogP contribution in [-0.4, -0.2) is 11.8 Å². The Morgan fingerprint density at radius 2 is 2.15 bits per heavy atom. The van der Waals surface area contributed by atoms with Gasteiger partial charge in [0.25, 0.3) is 0 Å². The molecule has 5 nitrogen and oxygen atoms in total. The summed E-state index contributed by atoms with van der Waals surface area (Å²) in [6, 6.07) is 13.5. The molecular formula is C20H14ClN3O2S. The fourth-order valence-corrected chi connectivity index (χ4v) is 3.61. The van der Waals surface area contributed by atoms with Gasteiger partial charge in [-0.25, -0.2) is 4.98 Å². The summed E-state index contributed by atoms with van der Waals surface area (Å²) in [5, 5.41) is 15.9. The zero-order valence-electron chi connectivity index (χ0n) is 14.3. The number of hydrogen-bond donors (Lipinski definition) is 1. The third kappa shape index (κ3) is 3.47. The van der Waals surface area contributed by atoms with E-state index in [2.05, 4.69) is 16.4 Å². The standard InChI is InChI=1S/C20H14ClN3O2S/c1-12-15(21)3-2-4-16(12)23-9-14(8-22)20-24-17(10-27-20)13-5-6-18-19(7-13)26-11-25-18/h2-7,9-10,23H,11H2,1H3/b14-9-. The van der Waals surface area contributed by atoms with Gasteiger partial charge in [-0.2, -0.15) is 5.26 Å². The van der Waals surface area contributed by atoms with Crippen molar-refractivity contribution in [1.29, 1.82) is 5.26 Å². The van der Waals surface area contributed by atoms with Gasteiger partial charge in [-0.15, -0.1) is 11.3 Å².